The highest BCUT2D eigenvalue weighted by Crippen LogP contribution is 2.24. The van der Waals surface area contributed by atoms with Crippen molar-refractivity contribution in [2.24, 2.45) is 10.7 Å². The van der Waals surface area contributed by atoms with Crippen LogP contribution in [0.2, 0.25) is 0 Å². The van der Waals surface area contributed by atoms with Crippen LogP contribution in [0.5, 0.6) is 0 Å². The Hall–Kier alpha value is -3.42. The fraction of sp³-hybridized carbons (Fsp3) is 0.286. The number of hydrogen-bond acceptors (Lipinski definition) is 6. The van der Waals surface area contributed by atoms with E-state index in [1.807, 2.05) is 0 Å². The Balaban J connectivity index is 3.63. The van der Waals surface area contributed by atoms with Crippen LogP contribution in [-0.4, -0.2) is 44.5 Å². The summed E-state index contributed by atoms with van der Waals surface area (Å²) >= 11 is 0. The number of allylic oxidation sites excluding steroid dienone is 3. The number of carbonyl (C=O) groups is 2. The first-order chi connectivity index (χ1) is 13.6. The van der Waals surface area contributed by atoms with Gasteiger partial charge in [0, 0.05) is 27.2 Å². The first-order valence-corrected chi connectivity index (χ1v) is 8.80. The molecule has 8 heteroatoms. The number of nitrogens with one attached hydrogen (secondary N) is 1. The molecule has 0 bridgehead atoms. The number of primary amides is 1. The zero-order chi connectivity index (χ0) is 22.1. The molecule has 0 aliphatic rings. The zero-order valence-corrected chi connectivity index (χ0v) is 17.5. The zero-order valence-electron chi connectivity index (χ0n) is 17.5. The van der Waals surface area contributed by atoms with Gasteiger partial charge >= 0.3 is 0 Å². The number of benzene rings is 1. The number of nitrogens with zero attached hydrogens (tertiary/aromatic N) is 2. The molecular formula is C21H27FN4O3. The van der Waals surface area contributed by atoms with Crippen LogP contribution in [-0.2, 0) is 14.3 Å². The van der Waals surface area contributed by atoms with Crippen LogP contribution in [0.25, 0.3) is 0 Å². The molecule has 3 N–H and O–H groups in total. The number of halogens is 1. The third-order valence-corrected chi connectivity index (χ3v) is 3.73. The highest BCUT2D eigenvalue weighted by atomic mass is 19.1. The van der Waals surface area contributed by atoms with E-state index in [2.05, 4.69) is 10.3 Å². The second-order valence-electron chi connectivity index (χ2n) is 6.61. The summed E-state index contributed by atoms with van der Waals surface area (Å²) in [6, 6.07) is 4.62. The Morgan fingerprint density at radius 2 is 1.97 bits per heavy atom. The van der Waals surface area contributed by atoms with E-state index in [4.69, 9.17) is 10.5 Å². The van der Waals surface area contributed by atoms with Crippen molar-refractivity contribution in [3.05, 3.63) is 64.1 Å². The molecule has 0 aromatic heterocycles. The van der Waals surface area contributed by atoms with Crippen molar-refractivity contribution < 1.29 is 18.7 Å². The summed E-state index contributed by atoms with van der Waals surface area (Å²) in [5, 5.41) is 2.87. The van der Waals surface area contributed by atoms with E-state index >= 15 is 0 Å². The number of aliphatic imine (C=N–C) groups is 1. The molecule has 29 heavy (non-hydrogen) atoms. The average Bonchev–Trinajstić information content (AvgIpc) is 2.62. The second kappa shape index (κ2) is 10.8. The van der Waals surface area contributed by atoms with Crippen LogP contribution < -0.4 is 11.1 Å². The lowest BCUT2D eigenvalue weighted by Gasteiger charge is -2.24. The molecule has 1 aromatic rings. The van der Waals surface area contributed by atoms with Gasteiger partial charge < -0.3 is 20.7 Å². The van der Waals surface area contributed by atoms with Crippen LogP contribution in [0.4, 0.5) is 10.1 Å². The summed E-state index contributed by atoms with van der Waals surface area (Å²) in [5.41, 5.74) is 7.13. The molecule has 0 aliphatic heterocycles. The van der Waals surface area contributed by atoms with Gasteiger partial charge in [-0.3, -0.25) is 14.6 Å². The normalized spacial score (nSPS) is 12.3. The molecule has 0 aliphatic carbocycles. The van der Waals surface area contributed by atoms with Gasteiger partial charge in [-0.05, 0) is 44.0 Å². The molecule has 0 unspecified atom stereocenters. The predicted molar refractivity (Wildman–Crippen MR) is 113 cm³/mol. The minimum Gasteiger partial charge on any atom is -0.455 e. The Morgan fingerprint density at radius 3 is 2.41 bits per heavy atom. The van der Waals surface area contributed by atoms with Crippen LogP contribution in [0.3, 0.4) is 0 Å². The molecule has 0 heterocycles. The fourth-order valence-electron chi connectivity index (χ4n) is 2.33. The Morgan fingerprint density at radius 1 is 1.31 bits per heavy atom. The van der Waals surface area contributed by atoms with Crippen molar-refractivity contribution in [1.82, 2.24) is 4.90 Å². The molecule has 7 nitrogen and oxygen atoms in total. The van der Waals surface area contributed by atoms with Gasteiger partial charge in [-0.15, -0.1) is 0 Å². The molecular weight excluding hydrogens is 375 g/mol. The largest absolute Gasteiger partial charge is 0.455 e. The first-order valence-electron chi connectivity index (χ1n) is 8.80. The van der Waals surface area contributed by atoms with Crippen LogP contribution in [0, 0.1) is 12.7 Å². The summed E-state index contributed by atoms with van der Waals surface area (Å²) in [5.74, 6) is -0.942. The van der Waals surface area contributed by atoms with Gasteiger partial charge in [0.2, 0.25) is 0 Å². The van der Waals surface area contributed by atoms with Gasteiger partial charge in [-0.2, -0.15) is 0 Å². The number of carbonyl (C=O) groups excluding carboxylic acids is 2. The smallest absolute Gasteiger partial charge is 0.256 e. The summed E-state index contributed by atoms with van der Waals surface area (Å²) in [6.07, 6.45) is 3.00. The van der Waals surface area contributed by atoms with E-state index in [-0.39, 0.29) is 22.8 Å². The molecule has 0 saturated carbocycles. The predicted octanol–water partition coefficient (Wildman–Crippen LogP) is 2.90. The maximum absolute atomic E-state index is 14.4. The third kappa shape index (κ3) is 6.60. The van der Waals surface area contributed by atoms with Crippen LogP contribution in [0.1, 0.15) is 19.4 Å². The average molecular weight is 402 g/mol. The lowest BCUT2D eigenvalue weighted by Crippen LogP contribution is -2.28. The third-order valence-electron chi connectivity index (χ3n) is 3.73. The monoisotopic (exact) mass is 402 g/mol. The molecule has 0 radical (unpaired) electrons. The SMILES string of the molecule is CN=CC(OC(=C/C=O)/C(C(N)=O)=C(/Nc1ccc(C)cc1F)N(C)C)=C(C)C. The molecule has 0 spiro atoms. The maximum atomic E-state index is 14.4. The van der Waals surface area contributed by atoms with Crippen molar-refractivity contribution in [2.75, 3.05) is 26.5 Å². The van der Waals surface area contributed by atoms with Crippen LogP contribution in [0.15, 0.2) is 57.8 Å². The summed E-state index contributed by atoms with van der Waals surface area (Å²) in [6.45, 7) is 5.34. The maximum Gasteiger partial charge on any atom is 0.256 e. The van der Waals surface area contributed by atoms with E-state index in [0.29, 0.717) is 12.0 Å². The Labute approximate surface area is 170 Å². The standard InChI is InChI=1S/C21H27FN4O3/c1-13(2)18(12-24-4)29-17(9-10-27)19(20(23)28)21(26(5)6)25-16-8-7-14(3)11-15(16)22/h7-12,25H,1-6H3,(H2,23,28)/b17-9+,21-19+,24-12?. The van der Waals surface area contributed by atoms with Gasteiger partial charge in [0.15, 0.2) is 0 Å². The number of anilines is 1. The van der Waals surface area contributed by atoms with Gasteiger partial charge in [-0.25, -0.2) is 4.39 Å². The summed E-state index contributed by atoms with van der Waals surface area (Å²) in [7, 11) is 4.85. The number of amides is 1. The van der Waals surface area contributed by atoms with Crippen molar-refractivity contribution in [1.29, 1.82) is 0 Å². The minimum absolute atomic E-state index is 0.0904. The van der Waals surface area contributed by atoms with Gasteiger partial charge in [0.05, 0.1) is 11.9 Å². The second-order valence-corrected chi connectivity index (χ2v) is 6.61. The molecule has 1 rings (SSSR count). The highest BCUT2D eigenvalue weighted by Gasteiger charge is 2.23. The molecule has 156 valence electrons. The van der Waals surface area contributed by atoms with Crippen molar-refractivity contribution >= 4 is 24.1 Å². The molecule has 0 atom stereocenters. The number of nitrogens with two attached hydrogens (primary N) is 1. The number of aryl methyl sites for hydroxylation is 1. The van der Waals surface area contributed by atoms with E-state index < -0.39 is 11.7 Å². The fourth-order valence-corrected chi connectivity index (χ4v) is 2.33. The topological polar surface area (TPSA) is 97.0 Å². The molecule has 1 amide bonds. The van der Waals surface area contributed by atoms with Crippen molar-refractivity contribution in [2.45, 2.75) is 20.8 Å². The minimum atomic E-state index is -0.858. The number of rotatable bonds is 9. The summed E-state index contributed by atoms with van der Waals surface area (Å²) in [4.78, 5) is 29.0. The lowest BCUT2D eigenvalue weighted by atomic mass is 10.1. The van der Waals surface area contributed by atoms with E-state index in [0.717, 1.165) is 17.2 Å². The van der Waals surface area contributed by atoms with Gasteiger partial charge in [0.1, 0.15) is 35.0 Å². The van der Waals surface area contributed by atoms with Crippen LogP contribution >= 0.6 is 0 Å². The number of hydrogen-bond donors (Lipinski definition) is 2. The highest BCUT2D eigenvalue weighted by molar-refractivity contribution is 5.98. The Kier molecular flexibility index (Phi) is 8.79. The van der Waals surface area contributed by atoms with Gasteiger partial charge in [0.25, 0.3) is 5.91 Å². The van der Waals surface area contributed by atoms with E-state index in [9.17, 15) is 14.0 Å². The number of ether oxygens (including phenoxy) is 1. The van der Waals surface area contributed by atoms with Crippen molar-refractivity contribution in [3.8, 4) is 0 Å². The quantitative estimate of drug-likeness (QED) is 0.218. The number of aldehydes is 1. The first kappa shape index (κ1) is 23.6. The summed E-state index contributed by atoms with van der Waals surface area (Å²) < 4.78 is 20.1. The molecule has 0 saturated heterocycles. The van der Waals surface area contributed by atoms with Gasteiger partial charge in [-0.1, -0.05) is 6.07 Å². The van der Waals surface area contributed by atoms with E-state index in [1.54, 1.807) is 54.0 Å². The lowest BCUT2D eigenvalue weighted by molar-refractivity contribution is -0.114. The molecule has 1 aromatic carbocycles. The van der Waals surface area contributed by atoms with Crippen molar-refractivity contribution in [3.63, 3.8) is 0 Å². The Bertz CT molecular complexity index is 895. The molecule has 0 fully saturated rings. The van der Waals surface area contributed by atoms with E-state index in [1.165, 1.54) is 17.2 Å².